The van der Waals surface area contributed by atoms with Gasteiger partial charge in [0.25, 0.3) is 0 Å². The Bertz CT molecular complexity index is 396. The van der Waals surface area contributed by atoms with Gasteiger partial charge in [-0.1, -0.05) is 0 Å². The summed E-state index contributed by atoms with van der Waals surface area (Å²) in [4.78, 5) is 10.8. The van der Waals surface area contributed by atoms with Crippen molar-refractivity contribution in [1.29, 1.82) is 0 Å². The van der Waals surface area contributed by atoms with Crippen molar-refractivity contribution in [2.75, 3.05) is 13.7 Å². The van der Waals surface area contributed by atoms with Gasteiger partial charge in [0.15, 0.2) is 0 Å². The van der Waals surface area contributed by atoms with Gasteiger partial charge in [-0.15, -0.1) is 0 Å². The molecule has 0 atom stereocenters. The van der Waals surface area contributed by atoms with E-state index in [0.29, 0.717) is 24.0 Å². The van der Waals surface area contributed by atoms with Crippen LogP contribution >= 0.6 is 0 Å². The quantitative estimate of drug-likeness (QED) is 0.829. The van der Waals surface area contributed by atoms with Crippen molar-refractivity contribution >= 4 is 5.97 Å². The summed E-state index contributed by atoms with van der Waals surface area (Å²) in [5, 5.41) is 8.89. The molecule has 1 aliphatic carbocycles. The van der Waals surface area contributed by atoms with Gasteiger partial charge in [-0.05, 0) is 30.9 Å². The van der Waals surface area contributed by atoms with Crippen LogP contribution in [0, 0.1) is 5.92 Å². The summed E-state index contributed by atoms with van der Waals surface area (Å²) < 4.78 is 10.5. The van der Waals surface area contributed by atoms with Crippen LogP contribution in [-0.4, -0.2) is 24.8 Å². The zero-order valence-electron chi connectivity index (χ0n) is 9.10. The van der Waals surface area contributed by atoms with E-state index in [4.69, 9.17) is 14.6 Å². The third-order valence-electron chi connectivity index (χ3n) is 2.59. The summed E-state index contributed by atoms with van der Waals surface area (Å²) in [6.45, 7) is 0.704. The minimum absolute atomic E-state index is 0.154. The number of aromatic carboxylic acids is 1. The maximum Gasteiger partial charge on any atom is 0.339 e. The highest BCUT2D eigenvalue weighted by molar-refractivity contribution is 5.91. The van der Waals surface area contributed by atoms with E-state index < -0.39 is 5.97 Å². The van der Waals surface area contributed by atoms with E-state index in [2.05, 4.69) is 0 Å². The first-order valence-corrected chi connectivity index (χ1v) is 5.25. The normalized spacial score (nSPS) is 14.6. The monoisotopic (exact) mass is 222 g/mol. The molecule has 0 bridgehead atoms. The molecule has 1 saturated carbocycles. The maximum atomic E-state index is 10.8. The van der Waals surface area contributed by atoms with Gasteiger partial charge in [0.05, 0.1) is 13.7 Å². The van der Waals surface area contributed by atoms with Crippen LogP contribution in [0.15, 0.2) is 18.2 Å². The zero-order chi connectivity index (χ0) is 11.5. The van der Waals surface area contributed by atoms with Crippen LogP contribution in [0.4, 0.5) is 0 Å². The number of methoxy groups -OCH3 is 1. The Kier molecular flexibility index (Phi) is 2.99. The summed E-state index contributed by atoms with van der Waals surface area (Å²) in [6.07, 6.45) is 2.45. The fourth-order valence-corrected chi connectivity index (χ4v) is 1.44. The van der Waals surface area contributed by atoms with E-state index in [1.807, 2.05) is 0 Å². The summed E-state index contributed by atoms with van der Waals surface area (Å²) in [5.74, 6) is 0.672. The molecule has 86 valence electrons. The molecule has 2 rings (SSSR count). The first kappa shape index (κ1) is 10.8. The first-order chi connectivity index (χ1) is 7.70. The molecular formula is C12H14O4. The Morgan fingerprint density at radius 2 is 2.25 bits per heavy atom. The van der Waals surface area contributed by atoms with Crippen molar-refractivity contribution in [3.05, 3.63) is 23.8 Å². The van der Waals surface area contributed by atoms with Crippen LogP contribution in [0.5, 0.6) is 11.5 Å². The van der Waals surface area contributed by atoms with Crippen molar-refractivity contribution in [2.24, 2.45) is 5.92 Å². The fourth-order valence-electron chi connectivity index (χ4n) is 1.44. The van der Waals surface area contributed by atoms with Gasteiger partial charge in [0.2, 0.25) is 0 Å². The molecule has 0 saturated heterocycles. The molecule has 1 fully saturated rings. The minimum Gasteiger partial charge on any atom is -0.496 e. The summed E-state index contributed by atoms with van der Waals surface area (Å²) in [5.41, 5.74) is 0.154. The highest BCUT2D eigenvalue weighted by Crippen LogP contribution is 2.31. The Hall–Kier alpha value is -1.71. The van der Waals surface area contributed by atoms with Crippen LogP contribution in [0.2, 0.25) is 0 Å². The van der Waals surface area contributed by atoms with Crippen LogP contribution in [0.1, 0.15) is 23.2 Å². The van der Waals surface area contributed by atoms with Crippen molar-refractivity contribution in [3.8, 4) is 11.5 Å². The smallest absolute Gasteiger partial charge is 0.339 e. The van der Waals surface area contributed by atoms with Crippen molar-refractivity contribution in [3.63, 3.8) is 0 Å². The van der Waals surface area contributed by atoms with Gasteiger partial charge < -0.3 is 14.6 Å². The average Bonchev–Trinajstić information content (AvgIpc) is 3.09. The number of benzene rings is 1. The second-order valence-corrected chi connectivity index (χ2v) is 3.92. The predicted octanol–water partition coefficient (Wildman–Crippen LogP) is 2.18. The van der Waals surface area contributed by atoms with Gasteiger partial charge in [0.1, 0.15) is 17.1 Å². The number of carboxylic acids is 1. The van der Waals surface area contributed by atoms with Crippen molar-refractivity contribution < 1.29 is 19.4 Å². The molecule has 0 radical (unpaired) electrons. The molecule has 0 aliphatic heterocycles. The van der Waals surface area contributed by atoms with E-state index in [1.165, 1.54) is 26.0 Å². The molecule has 16 heavy (non-hydrogen) atoms. The van der Waals surface area contributed by atoms with Crippen LogP contribution in [0.3, 0.4) is 0 Å². The van der Waals surface area contributed by atoms with Crippen molar-refractivity contribution in [1.82, 2.24) is 0 Å². The van der Waals surface area contributed by atoms with Crippen LogP contribution in [0.25, 0.3) is 0 Å². The molecule has 0 unspecified atom stereocenters. The number of rotatable bonds is 5. The molecule has 1 aliphatic rings. The lowest BCUT2D eigenvalue weighted by molar-refractivity contribution is 0.0693. The second kappa shape index (κ2) is 4.43. The molecule has 0 aromatic heterocycles. The molecule has 0 amide bonds. The average molecular weight is 222 g/mol. The van der Waals surface area contributed by atoms with Gasteiger partial charge in [-0.25, -0.2) is 4.79 Å². The lowest BCUT2D eigenvalue weighted by atomic mass is 10.2. The summed E-state index contributed by atoms with van der Waals surface area (Å²) in [6, 6.07) is 4.78. The van der Waals surface area contributed by atoms with Gasteiger partial charge in [-0.3, -0.25) is 0 Å². The largest absolute Gasteiger partial charge is 0.496 e. The lowest BCUT2D eigenvalue weighted by Crippen LogP contribution is -2.03. The van der Waals surface area contributed by atoms with E-state index >= 15 is 0 Å². The molecule has 1 aromatic rings. The summed E-state index contributed by atoms with van der Waals surface area (Å²) in [7, 11) is 1.45. The number of ether oxygens (including phenoxy) is 2. The number of carbonyl (C=O) groups is 1. The van der Waals surface area contributed by atoms with Gasteiger partial charge >= 0.3 is 5.97 Å². The zero-order valence-corrected chi connectivity index (χ0v) is 9.10. The van der Waals surface area contributed by atoms with Crippen molar-refractivity contribution in [2.45, 2.75) is 12.8 Å². The topological polar surface area (TPSA) is 55.8 Å². The SMILES string of the molecule is COc1cc(OCC2CC2)ccc1C(=O)O. The van der Waals surface area contributed by atoms with E-state index in [1.54, 1.807) is 12.1 Å². The number of hydrogen-bond acceptors (Lipinski definition) is 3. The van der Waals surface area contributed by atoms with E-state index in [0.717, 1.165) is 0 Å². The molecular weight excluding hydrogens is 208 g/mol. The molecule has 0 spiro atoms. The Morgan fingerprint density at radius 3 is 2.81 bits per heavy atom. The van der Waals surface area contributed by atoms with Gasteiger partial charge in [0, 0.05) is 6.07 Å². The summed E-state index contributed by atoms with van der Waals surface area (Å²) >= 11 is 0. The Balaban J connectivity index is 2.11. The highest BCUT2D eigenvalue weighted by atomic mass is 16.5. The second-order valence-electron chi connectivity index (χ2n) is 3.92. The fraction of sp³-hybridized carbons (Fsp3) is 0.417. The maximum absolute atomic E-state index is 10.8. The molecule has 4 nitrogen and oxygen atoms in total. The standard InChI is InChI=1S/C12H14O4/c1-15-11-6-9(16-7-8-2-3-8)4-5-10(11)12(13)14/h4-6,8H,2-3,7H2,1H3,(H,13,14). The van der Waals surface area contributed by atoms with E-state index in [-0.39, 0.29) is 5.56 Å². The predicted molar refractivity (Wildman–Crippen MR) is 58.2 cm³/mol. The molecule has 1 aromatic carbocycles. The van der Waals surface area contributed by atoms with Gasteiger partial charge in [-0.2, -0.15) is 0 Å². The van der Waals surface area contributed by atoms with Crippen LogP contribution in [-0.2, 0) is 0 Å². The van der Waals surface area contributed by atoms with Crippen LogP contribution < -0.4 is 9.47 Å². The van der Waals surface area contributed by atoms with E-state index in [9.17, 15) is 4.79 Å². The number of hydrogen-bond donors (Lipinski definition) is 1. The Morgan fingerprint density at radius 1 is 1.50 bits per heavy atom. The third kappa shape index (κ3) is 2.45. The molecule has 4 heteroatoms. The Labute approximate surface area is 93.8 Å². The first-order valence-electron chi connectivity index (χ1n) is 5.25. The molecule has 0 heterocycles. The number of carboxylic acid groups (broad SMARTS) is 1. The minimum atomic E-state index is -0.995. The lowest BCUT2D eigenvalue weighted by Gasteiger charge is -2.09. The third-order valence-corrected chi connectivity index (χ3v) is 2.59. The highest BCUT2D eigenvalue weighted by Gasteiger charge is 2.22. The molecule has 1 N–H and O–H groups in total.